The Kier molecular flexibility index (Phi) is 5.03. The number of nitrogens with one attached hydrogen (secondary N) is 1. The van der Waals surface area contributed by atoms with Gasteiger partial charge in [-0.3, -0.25) is 24.7 Å². The fourth-order valence-electron chi connectivity index (χ4n) is 1.35. The van der Waals surface area contributed by atoms with Gasteiger partial charge in [0, 0.05) is 24.1 Å². The van der Waals surface area contributed by atoms with Gasteiger partial charge in [0.15, 0.2) is 0 Å². The van der Waals surface area contributed by atoms with Crippen molar-refractivity contribution in [3.05, 3.63) is 12.2 Å². The van der Waals surface area contributed by atoms with Crippen molar-refractivity contribution in [1.82, 2.24) is 10.3 Å². The second-order valence-electron chi connectivity index (χ2n) is 4.27. The molecule has 0 aromatic carbocycles. The number of nitrogens with zero attached hydrogens (tertiary/aromatic N) is 1. The van der Waals surface area contributed by atoms with E-state index in [1.54, 1.807) is 13.8 Å². The van der Waals surface area contributed by atoms with Crippen molar-refractivity contribution in [3.8, 4) is 0 Å². The summed E-state index contributed by atoms with van der Waals surface area (Å²) in [7, 11) is 0. The topological polar surface area (TPSA) is 92.5 Å². The predicted octanol–water partition coefficient (Wildman–Crippen LogP) is -0.0463. The molecule has 96 valence electrons. The van der Waals surface area contributed by atoms with Gasteiger partial charge in [0.1, 0.15) is 0 Å². The van der Waals surface area contributed by atoms with Crippen LogP contribution in [0.1, 0.15) is 27.7 Å². The molecule has 6 heteroatoms. The van der Waals surface area contributed by atoms with Crippen LogP contribution in [0.25, 0.3) is 0 Å². The van der Waals surface area contributed by atoms with E-state index in [9.17, 15) is 14.4 Å². The molecule has 0 aliphatic carbocycles. The summed E-state index contributed by atoms with van der Waals surface area (Å²) >= 11 is 0. The maximum absolute atomic E-state index is 11.4. The molecule has 3 N–H and O–H groups in total. The Hall–Kier alpha value is -1.69. The highest BCUT2D eigenvalue weighted by molar-refractivity contribution is 6.12. The Balaban J connectivity index is 0.00000256. The minimum Gasteiger partial charge on any atom is -0.294 e. The Morgan fingerprint density at radius 2 is 1.82 bits per heavy atom. The summed E-state index contributed by atoms with van der Waals surface area (Å²) in [6.07, 6.45) is 2.81. The highest BCUT2D eigenvalue weighted by Crippen LogP contribution is 2.21. The SMILES string of the molecule is C.CC(C)(CCN1C(=O)C=CC1=O)C(=O)NN. The third kappa shape index (κ3) is 3.39. The molecule has 0 aromatic rings. The van der Waals surface area contributed by atoms with Crippen LogP contribution in [0.4, 0.5) is 0 Å². The summed E-state index contributed by atoms with van der Waals surface area (Å²) in [4.78, 5) is 34.9. The highest BCUT2D eigenvalue weighted by Gasteiger charge is 2.30. The third-order valence-corrected chi connectivity index (χ3v) is 2.61. The van der Waals surface area contributed by atoms with Crippen molar-refractivity contribution in [2.75, 3.05) is 6.54 Å². The van der Waals surface area contributed by atoms with E-state index in [0.717, 1.165) is 4.90 Å². The van der Waals surface area contributed by atoms with Gasteiger partial charge in [-0.2, -0.15) is 0 Å². The van der Waals surface area contributed by atoms with Gasteiger partial charge in [-0.1, -0.05) is 21.3 Å². The number of hydrogen-bond acceptors (Lipinski definition) is 4. The Morgan fingerprint density at radius 3 is 2.24 bits per heavy atom. The zero-order valence-corrected chi connectivity index (χ0v) is 9.32. The third-order valence-electron chi connectivity index (χ3n) is 2.61. The average Bonchev–Trinajstić information content (AvgIpc) is 2.55. The fraction of sp³-hybridized carbons (Fsp3) is 0.545. The van der Waals surface area contributed by atoms with Crippen molar-refractivity contribution in [2.45, 2.75) is 27.7 Å². The van der Waals surface area contributed by atoms with Crippen LogP contribution in [0.15, 0.2) is 12.2 Å². The van der Waals surface area contributed by atoms with Gasteiger partial charge >= 0.3 is 0 Å². The Labute approximate surface area is 101 Å². The zero-order valence-electron chi connectivity index (χ0n) is 9.32. The number of amides is 3. The molecular formula is C11H19N3O3. The quantitative estimate of drug-likeness (QED) is 0.312. The molecule has 3 amide bonds. The van der Waals surface area contributed by atoms with Gasteiger partial charge in [-0.05, 0) is 6.42 Å². The van der Waals surface area contributed by atoms with Crippen LogP contribution in [0.5, 0.6) is 0 Å². The number of carbonyl (C=O) groups excluding carboxylic acids is 3. The molecule has 1 heterocycles. The van der Waals surface area contributed by atoms with Crippen molar-refractivity contribution < 1.29 is 14.4 Å². The van der Waals surface area contributed by atoms with Crippen LogP contribution in [0, 0.1) is 5.41 Å². The summed E-state index contributed by atoms with van der Waals surface area (Å²) in [6, 6.07) is 0. The zero-order chi connectivity index (χ0) is 12.3. The molecule has 0 atom stereocenters. The van der Waals surface area contributed by atoms with Crippen LogP contribution in [-0.2, 0) is 14.4 Å². The second-order valence-corrected chi connectivity index (χ2v) is 4.27. The maximum Gasteiger partial charge on any atom is 0.253 e. The normalized spacial score (nSPS) is 14.9. The first-order valence-corrected chi connectivity index (χ1v) is 4.93. The van der Waals surface area contributed by atoms with Crippen LogP contribution in [-0.4, -0.2) is 29.2 Å². The first kappa shape index (κ1) is 15.3. The van der Waals surface area contributed by atoms with E-state index in [2.05, 4.69) is 5.43 Å². The molecule has 1 aliphatic heterocycles. The van der Waals surface area contributed by atoms with E-state index in [-0.39, 0.29) is 31.7 Å². The van der Waals surface area contributed by atoms with Gasteiger partial charge in [-0.15, -0.1) is 0 Å². The largest absolute Gasteiger partial charge is 0.294 e. The van der Waals surface area contributed by atoms with Crippen molar-refractivity contribution in [1.29, 1.82) is 0 Å². The molecule has 6 nitrogen and oxygen atoms in total. The minimum absolute atomic E-state index is 0. The fourth-order valence-corrected chi connectivity index (χ4v) is 1.35. The Bertz CT molecular complexity index is 343. The van der Waals surface area contributed by atoms with Gasteiger partial charge in [0.05, 0.1) is 0 Å². The monoisotopic (exact) mass is 241 g/mol. The lowest BCUT2D eigenvalue weighted by molar-refractivity contribution is -0.139. The molecule has 1 aliphatic rings. The molecule has 0 fully saturated rings. The molecule has 17 heavy (non-hydrogen) atoms. The van der Waals surface area contributed by atoms with Crippen LogP contribution < -0.4 is 11.3 Å². The van der Waals surface area contributed by atoms with E-state index in [1.165, 1.54) is 12.2 Å². The molecule has 0 saturated heterocycles. The van der Waals surface area contributed by atoms with Gasteiger partial charge in [-0.25, -0.2) is 5.84 Å². The standard InChI is InChI=1S/C10H15N3O3.CH4/c1-10(2,9(16)12-11)5-6-13-7(14)3-4-8(13)15;/h3-4H,5-6,11H2,1-2H3,(H,12,16);1H4. The summed E-state index contributed by atoms with van der Waals surface area (Å²) in [6.45, 7) is 3.62. The van der Waals surface area contributed by atoms with E-state index < -0.39 is 5.41 Å². The first-order chi connectivity index (χ1) is 7.38. The molecule has 1 rings (SSSR count). The summed E-state index contributed by atoms with van der Waals surface area (Å²) in [5.41, 5.74) is 1.35. The molecule has 0 saturated carbocycles. The molecule has 0 unspecified atom stereocenters. The maximum atomic E-state index is 11.4. The van der Waals surface area contributed by atoms with E-state index >= 15 is 0 Å². The van der Waals surface area contributed by atoms with E-state index in [4.69, 9.17) is 5.84 Å². The number of hydrogen-bond donors (Lipinski definition) is 2. The van der Waals surface area contributed by atoms with Gasteiger partial charge in [0.25, 0.3) is 11.8 Å². The predicted molar refractivity (Wildman–Crippen MR) is 63.3 cm³/mol. The summed E-state index contributed by atoms with van der Waals surface area (Å²) in [5.74, 6) is 4.04. The van der Waals surface area contributed by atoms with E-state index in [1.807, 2.05) is 0 Å². The van der Waals surface area contributed by atoms with Crippen LogP contribution >= 0.6 is 0 Å². The lowest BCUT2D eigenvalue weighted by Gasteiger charge is -2.24. The number of imide groups is 1. The number of rotatable bonds is 4. The minimum atomic E-state index is -0.710. The number of hydrazine groups is 1. The molecule has 0 radical (unpaired) electrons. The second kappa shape index (κ2) is 5.58. The summed E-state index contributed by atoms with van der Waals surface area (Å²) in [5, 5.41) is 0. The number of nitrogens with two attached hydrogens (primary N) is 1. The van der Waals surface area contributed by atoms with Crippen molar-refractivity contribution in [3.63, 3.8) is 0 Å². The van der Waals surface area contributed by atoms with Crippen molar-refractivity contribution in [2.24, 2.45) is 11.3 Å². The molecule has 0 aromatic heterocycles. The lowest BCUT2D eigenvalue weighted by atomic mass is 9.88. The Morgan fingerprint density at radius 1 is 1.35 bits per heavy atom. The van der Waals surface area contributed by atoms with Crippen molar-refractivity contribution >= 4 is 17.7 Å². The first-order valence-electron chi connectivity index (χ1n) is 4.93. The van der Waals surface area contributed by atoms with Gasteiger partial charge in [0.2, 0.25) is 5.91 Å². The smallest absolute Gasteiger partial charge is 0.253 e. The lowest BCUT2D eigenvalue weighted by Crippen LogP contribution is -2.43. The summed E-state index contributed by atoms with van der Waals surface area (Å²) < 4.78 is 0. The van der Waals surface area contributed by atoms with Crippen LogP contribution in [0.3, 0.4) is 0 Å². The molecule has 0 bridgehead atoms. The molecular weight excluding hydrogens is 222 g/mol. The highest BCUT2D eigenvalue weighted by atomic mass is 16.2. The van der Waals surface area contributed by atoms with E-state index in [0.29, 0.717) is 6.42 Å². The van der Waals surface area contributed by atoms with Crippen LogP contribution in [0.2, 0.25) is 0 Å². The van der Waals surface area contributed by atoms with Gasteiger partial charge < -0.3 is 0 Å². The molecule has 0 spiro atoms. The number of carbonyl (C=O) groups is 3. The average molecular weight is 241 g/mol.